The number of fused-ring (bicyclic) bond motifs is 2. The lowest BCUT2D eigenvalue weighted by Crippen LogP contribution is -2.56. The molecule has 4 heterocycles. The van der Waals surface area contributed by atoms with E-state index in [2.05, 4.69) is 16.5 Å². The van der Waals surface area contributed by atoms with E-state index in [0.717, 1.165) is 16.7 Å². The third-order valence-electron chi connectivity index (χ3n) is 8.84. The fourth-order valence-corrected chi connectivity index (χ4v) is 7.02. The summed E-state index contributed by atoms with van der Waals surface area (Å²) < 4.78 is 48.6. The number of carbonyl (C=O) groups excluding carboxylic acids is 1. The van der Waals surface area contributed by atoms with Crippen LogP contribution in [-0.4, -0.2) is 69.7 Å². The van der Waals surface area contributed by atoms with Crippen LogP contribution in [0, 0.1) is 24.4 Å². The predicted octanol–water partition coefficient (Wildman–Crippen LogP) is 5.70. The van der Waals surface area contributed by atoms with E-state index in [0.29, 0.717) is 43.0 Å². The van der Waals surface area contributed by atoms with Crippen LogP contribution >= 0.6 is 11.6 Å². The molecule has 1 fully saturated rings. The van der Waals surface area contributed by atoms with E-state index in [9.17, 15) is 19.1 Å². The van der Waals surface area contributed by atoms with Gasteiger partial charge < -0.3 is 19.8 Å². The van der Waals surface area contributed by atoms with Gasteiger partial charge in [0.15, 0.2) is 17.5 Å². The minimum Gasteiger partial charge on any atom is -0.507 e. The molecule has 6 rings (SSSR count). The summed E-state index contributed by atoms with van der Waals surface area (Å²) in [6.07, 6.45) is 3.33. The first kappa shape index (κ1) is 31.4. The fourth-order valence-electron chi connectivity index (χ4n) is 6.60. The zero-order valence-electron chi connectivity index (χ0n) is 25.7. The Morgan fingerprint density at radius 2 is 1.85 bits per heavy atom. The van der Waals surface area contributed by atoms with Gasteiger partial charge in [0.05, 0.1) is 33.0 Å². The summed E-state index contributed by atoms with van der Waals surface area (Å²) >= 11 is 6.97. The Hall–Kier alpha value is -4.58. The number of phenolic OH excluding ortho intramolecular Hbond substituents is 1. The number of hydrogen-bond donors (Lipinski definition) is 1. The summed E-state index contributed by atoms with van der Waals surface area (Å²) in [5.74, 6) is -4.96. The van der Waals surface area contributed by atoms with Gasteiger partial charge in [0, 0.05) is 51.0 Å². The maximum atomic E-state index is 17.4. The summed E-state index contributed by atoms with van der Waals surface area (Å²) in [7, 11) is 1.71. The van der Waals surface area contributed by atoms with Gasteiger partial charge in [-0.25, -0.2) is 18.0 Å². The van der Waals surface area contributed by atoms with Crippen molar-refractivity contribution in [3.8, 4) is 22.6 Å². The molecule has 1 N–H and O–H groups in total. The van der Waals surface area contributed by atoms with E-state index in [4.69, 9.17) is 11.6 Å². The number of aromatic hydroxyl groups is 1. The lowest BCUT2D eigenvalue weighted by molar-refractivity contribution is -0.126. The number of rotatable bonds is 4. The Labute approximate surface area is 268 Å². The zero-order valence-corrected chi connectivity index (χ0v) is 26.5. The first-order chi connectivity index (χ1) is 21.9. The SMILES string of the molecule is C=CC(=O)N1CCN2c3nc(=O)n(-c4c(C)ccnc4C(C)C)c4c(F)c(-c5c(O)ccc(F)c5F)c(Cl)c(c34)N(C)CCC2C1. The molecule has 1 unspecified atom stereocenters. The quantitative estimate of drug-likeness (QED) is 0.283. The van der Waals surface area contributed by atoms with E-state index in [-0.39, 0.29) is 51.8 Å². The lowest BCUT2D eigenvalue weighted by atomic mass is 9.96. The molecule has 0 aliphatic carbocycles. The highest BCUT2D eigenvalue weighted by molar-refractivity contribution is 6.38. The second kappa shape index (κ2) is 11.7. The first-order valence-electron chi connectivity index (χ1n) is 14.9. The van der Waals surface area contributed by atoms with Crippen molar-refractivity contribution in [1.29, 1.82) is 0 Å². The Morgan fingerprint density at radius 1 is 1.11 bits per heavy atom. The Balaban J connectivity index is 1.81. The molecule has 240 valence electrons. The summed E-state index contributed by atoms with van der Waals surface area (Å²) in [6.45, 7) is 10.4. The lowest BCUT2D eigenvalue weighted by Gasteiger charge is -2.44. The average molecular weight is 653 g/mol. The topological polar surface area (TPSA) is 94.8 Å². The molecule has 46 heavy (non-hydrogen) atoms. The second-order valence-corrected chi connectivity index (χ2v) is 12.3. The minimum absolute atomic E-state index is 0.150. The van der Waals surface area contributed by atoms with Crippen LogP contribution in [-0.2, 0) is 4.79 Å². The van der Waals surface area contributed by atoms with Crippen LogP contribution in [0.1, 0.15) is 37.4 Å². The van der Waals surface area contributed by atoms with E-state index in [1.165, 1.54) is 6.08 Å². The Bertz CT molecular complexity index is 2000. The smallest absolute Gasteiger partial charge is 0.354 e. The van der Waals surface area contributed by atoms with E-state index < -0.39 is 40.0 Å². The van der Waals surface area contributed by atoms with Gasteiger partial charge >= 0.3 is 5.69 Å². The highest BCUT2D eigenvalue weighted by Crippen LogP contribution is 2.50. The van der Waals surface area contributed by atoms with Gasteiger partial charge in [-0.2, -0.15) is 4.98 Å². The van der Waals surface area contributed by atoms with E-state index >= 15 is 8.78 Å². The summed E-state index contributed by atoms with van der Waals surface area (Å²) in [4.78, 5) is 41.1. The van der Waals surface area contributed by atoms with Crippen LogP contribution in [0.5, 0.6) is 5.75 Å². The highest BCUT2D eigenvalue weighted by Gasteiger charge is 2.38. The molecule has 2 aromatic carbocycles. The van der Waals surface area contributed by atoms with Crippen LogP contribution in [0.15, 0.2) is 41.8 Å². The zero-order chi connectivity index (χ0) is 33.2. The van der Waals surface area contributed by atoms with Gasteiger partial charge in [0.1, 0.15) is 17.1 Å². The highest BCUT2D eigenvalue weighted by atomic mass is 35.5. The largest absolute Gasteiger partial charge is 0.507 e. The first-order valence-corrected chi connectivity index (χ1v) is 15.2. The number of piperazine rings is 1. The molecule has 0 saturated carbocycles. The molecular weight excluding hydrogens is 621 g/mol. The molecule has 0 spiro atoms. The van der Waals surface area contributed by atoms with Gasteiger partial charge in [0.2, 0.25) is 5.91 Å². The van der Waals surface area contributed by atoms with Crippen molar-refractivity contribution in [2.45, 2.75) is 39.2 Å². The number of aromatic nitrogens is 3. The third kappa shape index (κ3) is 4.77. The molecule has 1 saturated heterocycles. The number of aryl methyl sites for hydroxylation is 1. The molecular formula is C33H32ClF3N6O3. The van der Waals surface area contributed by atoms with Crippen molar-refractivity contribution in [3.05, 3.63) is 81.3 Å². The molecule has 0 bridgehead atoms. The van der Waals surface area contributed by atoms with Crippen molar-refractivity contribution >= 4 is 39.9 Å². The normalized spacial score (nSPS) is 16.5. The summed E-state index contributed by atoms with van der Waals surface area (Å²) in [6, 6.07) is 3.04. The molecule has 2 aliphatic rings. The number of benzene rings is 2. The molecule has 1 amide bonds. The van der Waals surface area contributed by atoms with Crippen molar-refractivity contribution in [2.75, 3.05) is 43.0 Å². The van der Waals surface area contributed by atoms with Gasteiger partial charge in [-0.3, -0.25) is 14.3 Å². The Morgan fingerprint density at radius 3 is 2.54 bits per heavy atom. The van der Waals surface area contributed by atoms with Crippen molar-refractivity contribution in [2.24, 2.45) is 0 Å². The van der Waals surface area contributed by atoms with E-state index in [1.807, 2.05) is 18.7 Å². The summed E-state index contributed by atoms with van der Waals surface area (Å²) in [5, 5.41) is 10.6. The second-order valence-electron chi connectivity index (χ2n) is 11.9. The van der Waals surface area contributed by atoms with Crippen LogP contribution in [0.25, 0.3) is 27.7 Å². The average Bonchev–Trinajstić information content (AvgIpc) is 3.02. The maximum absolute atomic E-state index is 17.4. The maximum Gasteiger partial charge on any atom is 0.354 e. The molecule has 2 aliphatic heterocycles. The Kier molecular flexibility index (Phi) is 7.95. The molecule has 1 atom stereocenters. The summed E-state index contributed by atoms with van der Waals surface area (Å²) in [5.41, 5.74) is -0.850. The number of hydrogen-bond acceptors (Lipinski definition) is 7. The number of nitrogens with zero attached hydrogens (tertiary/aromatic N) is 6. The fraction of sp³-hybridized carbons (Fsp3) is 0.333. The van der Waals surface area contributed by atoms with Gasteiger partial charge in [0.25, 0.3) is 0 Å². The predicted molar refractivity (Wildman–Crippen MR) is 172 cm³/mol. The monoisotopic (exact) mass is 652 g/mol. The molecule has 0 radical (unpaired) electrons. The number of phenols is 1. The van der Waals surface area contributed by atoms with Crippen LogP contribution in [0.4, 0.5) is 24.7 Å². The minimum atomic E-state index is -1.49. The molecule has 9 nitrogen and oxygen atoms in total. The number of amides is 1. The van der Waals surface area contributed by atoms with Gasteiger partial charge in [-0.15, -0.1) is 0 Å². The molecule has 2 aromatic heterocycles. The molecule has 13 heteroatoms. The number of halogens is 4. The van der Waals surface area contributed by atoms with Crippen molar-refractivity contribution in [3.63, 3.8) is 0 Å². The molecule has 4 aromatic rings. The van der Waals surface area contributed by atoms with Crippen molar-refractivity contribution in [1.82, 2.24) is 19.4 Å². The standard InChI is InChI=1S/C33H32ClF3N6O3/c1-6-21(45)41-13-14-42-18(15-41)10-12-40(5)30-24-31(27(37)23(25(30)34)22-20(44)8-7-19(35)26(22)36)43(33(46)39-32(24)42)29-17(4)9-11-38-28(29)16(2)3/h6-9,11,16,18,44H,1,10,12-15H2,2-5H3. The van der Waals surface area contributed by atoms with Gasteiger partial charge in [-0.05, 0) is 49.1 Å². The van der Waals surface area contributed by atoms with E-state index in [1.54, 1.807) is 36.0 Å². The number of anilines is 2. The van der Waals surface area contributed by atoms with Gasteiger partial charge in [-0.1, -0.05) is 32.0 Å². The van der Waals surface area contributed by atoms with Crippen molar-refractivity contribution < 1.29 is 23.1 Å². The van der Waals surface area contributed by atoms with Crippen LogP contribution < -0.4 is 15.5 Å². The number of pyridine rings is 1. The van der Waals surface area contributed by atoms with Crippen LogP contribution in [0.3, 0.4) is 0 Å². The van der Waals surface area contributed by atoms with Crippen LogP contribution in [0.2, 0.25) is 5.02 Å². The number of carbonyl (C=O) groups is 1. The third-order valence-corrected chi connectivity index (χ3v) is 9.20.